The summed E-state index contributed by atoms with van der Waals surface area (Å²) in [7, 11) is 0. The van der Waals surface area contributed by atoms with Gasteiger partial charge in [-0.25, -0.2) is 9.59 Å². The second-order valence-electron chi connectivity index (χ2n) is 3.26. The Morgan fingerprint density at radius 3 is 2.07 bits per heavy atom. The standard InChI is InChI=1S/C7H8F3NO4/c8-7(9,10)3-1-4(5(12)13)11(2-3)6(14)15/h3-4H,1-2H2,(H,12,13)(H,14,15)/t3-,4-/m1/s1. The number of hydrogen-bond donors (Lipinski definition) is 2. The van der Waals surface area contributed by atoms with Crippen molar-refractivity contribution in [2.75, 3.05) is 6.54 Å². The third-order valence-corrected chi connectivity index (χ3v) is 2.29. The molecule has 1 amide bonds. The van der Waals surface area contributed by atoms with Gasteiger partial charge in [-0.3, -0.25) is 4.90 Å². The highest BCUT2D eigenvalue weighted by Gasteiger charge is 2.51. The average molecular weight is 227 g/mol. The Kier molecular flexibility index (Phi) is 2.78. The van der Waals surface area contributed by atoms with Gasteiger partial charge in [0.25, 0.3) is 0 Å². The molecule has 15 heavy (non-hydrogen) atoms. The van der Waals surface area contributed by atoms with Crippen LogP contribution in [-0.4, -0.2) is 45.9 Å². The Morgan fingerprint density at radius 2 is 1.80 bits per heavy atom. The van der Waals surface area contributed by atoms with Gasteiger partial charge in [-0.15, -0.1) is 0 Å². The van der Waals surface area contributed by atoms with Crippen LogP contribution < -0.4 is 0 Å². The van der Waals surface area contributed by atoms with E-state index in [2.05, 4.69) is 0 Å². The summed E-state index contributed by atoms with van der Waals surface area (Å²) in [6, 6.07) is -1.60. The van der Waals surface area contributed by atoms with Crippen molar-refractivity contribution in [1.82, 2.24) is 4.90 Å². The zero-order valence-corrected chi connectivity index (χ0v) is 7.36. The number of likely N-dealkylation sites (tertiary alicyclic amines) is 1. The van der Waals surface area contributed by atoms with Crippen LogP contribution in [-0.2, 0) is 4.79 Å². The SMILES string of the molecule is O=C(O)[C@H]1C[C@@H](C(F)(F)F)CN1C(=O)O. The van der Waals surface area contributed by atoms with Crippen LogP contribution in [0, 0.1) is 5.92 Å². The summed E-state index contributed by atoms with van der Waals surface area (Å²) in [4.78, 5) is 21.3. The van der Waals surface area contributed by atoms with Gasteiger partial charge < -0.3 is 10.2 Å². The number of hydrogen-bond acceptors (Lipinski definition) is 2. The predicted molar refractivity (Wildman–Crippen MR) is 40.3 cm³/mol. The van der Waals surface area contributed by atoms with Crippen molar-refractivity contribution in [1.29, 1.82) is 0 Å². The van der Waals surface area contributed by atoms with E-state index in [1.807, 2.05) is 0 Å². The summed E-state index contributed by atoms with van der Waals surface area (Å²) in [5.74, 6) is -3.45. The van der Waals surface area contributed by atoms with Crippen LogP contribution in [0.5, 0.6) is 0 Å². The molecule has 1 fully saturated rings. The summed E-state index contributed by atoms with van der Waals surface area (Å²) in [6.45, 7) is -0.810. The van der Waals surface area contributed by atoms with Crippen LogP contribution >= 0.6 is 0 Å². The van der Waals surface area contributed by atoms with Crippen LogP contribution in [0.3, 0.4) is 0 Å². The molecule has 2 N–H and O–H groups in total. The van der Waals surface area contributed by atoms with Gasteiger partial charge in [0, 0.05) is 6.54 Å². The first-order valence-electron chi connectivity index (χ1n) is 4.02. The maximum absolute atomic E-state index is 12.2. The molecule has 0 aliphatic carbocycles. The monoisotopic (exact) mass is 227 g/mol. The summed E-state index contributed by atoms with van der Waals surface area (Å²) in [5, 5.41) is 17.1. The molecule has 0 bridgehead atoms. The fourth-order valence-electron chi connectivity index (χ4n) is 1.52. The largest absolute Gasteiger partial charge is 0.480 e. The van der Waals surface area contributed by atoms with E-state index in [4.69, 9.17) is 10.2 Å². The molecular formula is C7H8F3NO4. The van der Waals surface area contributed by atoms with Crippen molar-refractivity contribution >= 4 is 12.1 Å². The number of nitrogens with zero attached hydrogens (tertiary/aromatic N) is 1. The molecule has 1 saturated heterocycles. The fraction of sp³-hybridized carbons (Fsp3) is 0.714. The number of halogens is 3. The molecule has 0 saturated carbocycles. The third kappa shape index (κ3) is 2.31. The lowest BCUT2D eigenvalue weighted by molar-refractivity contribution is -0.170. The van der Waals surface area contributed by atoms with Gasteiger partial charge in [-0.2, -0.15) is 13.2 Å². The Hall–Kier alpha value is -1.47. The molecule has 0 unspecified atom stereocenters. The summed E-state index contributed by atoms with van der Waals surface area (Å²) >= 11 is 0. The first kappa shape index (κ1) is 11.6. The maximum atomic E-state index is 12.2. The molecule has 1 heterocycles. The number of amides is 1. The summed E-state index contributed by atoms with van der Waals surface area (Å²) in [5.41, 5.74) is 0. The first-order chi connectivity index (χ1) is 6.73. The van der Waals surface area contributed by atoms with Gasteiger partial charge in [0.2, 0.25) is 0 Å². The Bertz CT molecular complexity index is 268. The lowest BCUT2D eigenvalue weighted by Gasteiger charge is -2.17. The van der Waals surface area contributed by atoms with E-state index in [1.165, 1.54) is 0 Å². The topological polar surface area (TPSA) is 77.8 Å². The van der Waals surface area contributed by atoms with E-state index in [1.54, 1.807) is 0 Å². The van der Waals surface area contributed by atoms with Crippen LogP contribution in [0.15, 0.2) is 0 Å². The summed E-state index contributed by atoms with van der Waals surface area (Å²) in [6.07, 6.45) is -6.92. The Morgan fingerprint density at radius 1 is 1.27 bits per heavy atom. The normalized spacial score (nSPS) is 26.7. The second kappa shape index (κ2) is 3.59. The molecule has 0 spiro atoms. The van der Waals surface area contributed by atoms with Crippen molar-refractivity contribution in [2.45, 2.75) is 18.6 Å². The molecule has 2 atom stereocenters. The van der Waals surface area contributed by atoms with E-state index in [-0.39, 0.29) is 0 Å². The second-order valence-corrected chi connectivity index (χ2v) is 3.26. The molecule has 1 aliphatic rings. The lowest BCUT2D eigenvalue weighted by Crippen LogP contribution is -2.39. The van der Waals surface area contributed by atoms with Crippen molar-refractivity contribution in [3.63, 3.8) is 0 Å². The number of carbonyl (C=O) groups is 2. The van der Waals surface area contributed by atoms with E-state index < -0.39 is 43.2 Å². The number of aliphatic carboxylic acids is 1. The quantitative estimate of drug-likeness (QED) is 0.700. The number of rotatable bonds is 1. The van der Waals surface area contributed by atoms with Gasteiger partial charge in [-0.1, -0.05) is 0 Å². The lowest BCUT2D eigenvalue weighted by atomic mass is 10.1. The molecule has 8 heteroatoms. The highest BCUT2D eigenvalue weighted by atomic mass is 19.4. The number of alkyl halides is 3. The van der Waals surface area contributed by atoms with Crippen LogP contribution in [0.1, 0.15) is 6.42 Å². The highest BCUT2D eigenvalue weighted by Crippen LogP contribution is 2.36. The molecule has 1 rings (SSSR count). The Balaban J connectivity index is 2.83. The van der Waals surface area contributed by atoms with Gasteiger partial charge >= 0.3 is 18.2 Å². The van der Waals surface area contributed by atoms with E-state index in [0.717, 1.165) is 0 Å². The van der Waals surface area contributed by atoms with Crippen molar-refractivity contribution in [3.05, 3.63) is 0 Å². The fourth-order valence-corrected chi connectivity index (χ4v) is 1.52. The molecule has 86 valence electrons. The zero-order valence-electron chi connectivity index (χ0n) is 7.36. The van der Waals surface area contributed by atoms with Crippen molar-refractivity contribution in [2.24, 2.45) is 5.92 Å². The number of carboxylic acids is 1. The van der Waals surface area contributed by atoms with Gasteiger partial charge in [0.1, 0.15) is 6.04 Å². The molecule has 5 nitrogen and oxygen atoms in total. The minimum Gasteiger partial charge on any atom is -0.480 e. The van der Waals surface area contributed by atoms with Crippen molar-refractivity contribution in [3.8, 4) is 0 Å². The number of carboxylic acid groups (broad SMARTS) is 2. The molecule has 0 aromatic heterocycles. The van der Waals surface area contributed by atoms with Crippen LogP contribution in [0.25, 0.3) is 0 Å². The van der Waals surface area contributed by atoms with Gasteiger partial charge in [0.05, 0.1) is 5.92 Å². The molecule has 0 aromatic carbocycles. The zero-order chi connectivity index (χ0) is 11.8. The average Bonchev–Trinajstić information content (AvgIpc) is 2.45. The van der Waals surface area contributed by atoms with E-state index >= 15 is 0 Å². The Labute approximate surface area is 82.1 Å². The van der Waals surface area contributed by atoms with Crippen LogP contribution in [0.2, 0.25) is 0 Å². The minimum atomic E-state index is -4.56. The predicted octanol–water partition coefficient (Wildman–Crippen LogP) is 1.00. The maximum Gasteiger partial charge on any atom is 0.408 e. The smallest absolute Gasteiger partial charge is 0.408 e. The van der Waals surface area contributed by atoms with E-state index in [0.29, 0.717) is 4.90 Å². The van der Waals surface area contributed by atoms with E-state index in [9.17, 15) is 22.8 Å². The summed E-state index contributed by atoms with van der Waals surface area (Å²) < 4.78 is 36.7. The molecule has 0 radical (unpaired) electrons. The molecule has 1 aliphatic heterocycles. The van der Waals surface area contributed by atoms with Gasteiger partial charge in [0.15, 0.2) is 0 Å². The minimum absolute atomic E-state index is 0.306. The highest BCUT2D eigenvalue weighted by molar-refractivity contribution is 5.80. The van der Waals surface area contributed by atoms with Crippen LogP contribution in [0.4, 0.5) is 18.0 Å². The molecule has 0 aromatic rings. The van der Waals surface area contributed by atoms with Crippen molar-refractivity contribution < 1.29 is 33.0 Å². The van der Waals surface area contributed by atoms with Gasteiger partial charge in [-0.05, 0) is 6.42 Å². The first-order valence-corrected chi connectivity index (χ1v) is 4.02. The molecular weight excluding hydrogens is 219 g/mol. The third-order valence-electron chi connectivity index (χ3n) is 2.29.